The summed E-state index contributed by atoms with van der Waals surface area (Å²) in [7, 11) is 0. The number of piperazine rings is 1. The predicted octanol–water partition coefficient (Wildman–Crippen LogP) is 3.69. The number of amides is 1. The van der Waals surface area contributed by atoms with Crippen LogP contribution in [0.2, 0.25) is 0 Å². The maximum atomic E-state index is 13.1. The monoisotopic (exact) mass is 383 g/mol. The van der Waals surface area contributed by atoms with Crippen molar-refractivity contribution in [3.63, 3.8) is 0 Å². The fourth-order valence-corrected chi connectivity index (χ4v) is 4.04. The maximum Gasteiger partial charge on any atom is 0.227 e. The van der Waals surface area contributed by atoms with E-state index in [1.165, 1.54) is 16.3 Å². The molecule has 4 heteroatoms. The molecule has 0 saturated carbocycles. The Kier molecular flexibility index (Phi) is 5.59. The van der Waals surface area contributed by atoms with Crippen LogP contribution in [0.3, 0.4) is 0 Å². The van der Waals surface area contributed by atoms with Gasteiger partial charge in [0.25, 0.3) is 0 Å². The van der Waals surface area contributed by atoms with Crippen molar-refractivity contribution in [2.75, 3.05) is 13.1 Å². The first-order valence-corrected chi connectivity index (χ1v) is 10.1. The van der Waals surface area contributed by atoms with Crippen LogP contribution in [0.5, 0.6) is 0 Å². The zero-order valence-corrected chi connectivity index (χ0v) is 16.6. The number of hydrogen-bond acceptors (Lipinski definition) is 3. The highest BCUT2D eigenvalue weighted by Crippen LogP contribution is 2.18. The minimum absolute atomic E-state index is 0.180. The molecular weight excluding hydrogens is 358 g/mol. The molecule has 3 aromatic carbocycles. The second-order valence-corrected chi connectivity index (χ2v) is 7.87. The van der Waals surface area contributed by atoms with E-state index in [0.29, 0.717) is 18.5 Å². The molecule has 146 valence electrons. The molecule has 4 rings (SSSR count). The number of fused-ring (bicyclic) bond motifs is 1. The molecule has 0 bridgehead atoms. The summed E-state index contributed by atoms with van der Waals surface area (Å²) in [5.41, 5.74) is 2.91. The molecule has 0 aromatic heterocycles. The molecule has 2 atom stereocenters. The Labute approximate surface area is 171 Å². The molecule has 1 aliphatic rings. The molecule has 29 heavy (non-hydrogen) atoms. The number of hydrogen-bond donors (Lipinski definition) is 1. The molecule has 0 aliphatic carbocycles. The third kappa shape index (κ3) is 4.47. The largest absolute Gasteiger partial charge is 0.337 e. The summed E-state index contributed by atoms with van der Waals surface area (Å²) in [5.74, 6) is 0.180. The van der Waals surface area contributed by atoms with Crippen molar-refractivity contribution < 1.29 is 4.79 Å². The Morgan fingerprint density at radius 3 is 2.55 bits per heavy atom. The SMILES string of the molecule is C[C@@H]1CN[C@@H](Cc2ccc(C#N)cc2)CN1C(=O)Cc1ccc2ccccc2c1. The highest BCUT2D eigenvalue weighted by Gasteiger charge is 2.28. The molecule has 1 saturated heterocycles. The highest BCUT2D eigenvalue weighted by molar-refractivity contribution is 5.85. The Morgan fingerprint density at radius 1 is 1.07 bits per heavy atom. The number of nitriles is 1. The third-order valence-electron chi connectivity index (χ3n) is 5.71. The maximum absolute atomic E-state index is 13.1. The zero-order chi connectivity index (χ0) is 20.2. The molecule has 0 radical (unpaired) electrons. The predicted molar refractivity (Wildman–Crippen MR) is 115 cm³/mol. The van der Waals surface area contributed by atoms with Gasteiger partial charge >= 0.3 is 0 Å². The summed E-state index contributed by atoms with van der Waals surface area (Å²) in [6.45, 7) is 3.60. The summed E-state index contributed by atoms with van der Waals surface area (Å²) in [5, 5.41) is 14.9. The molecule has 0 spiro atoms. The molecular formula is C25H25N3O. The van der Waals surface area contributed by atoms with Crippen molar-refractivity contribution in [3.8, 4) is 6.07 Å². The van der Waals surface area contributed by atoms with Crippen molar-refractivity contribution in [3.05, 3.63) is 83.4 Å². The lowest BCUT2D eigenvalue weighted by Gasteiger charge is -2.39. The van der Waals surface area contributed by atoms with Gasteiger partial charge in [-0.1, -0.05) is 54.6 Å². The third-order valence-corrected chi connectivity index (χ3v) is 5.71. The van der Waals surface area contributed by atoms with Crippen LogP contribution in [-0.4, -0.2) is 36.0 Å². The first-order chi connectivity index (χ1) is 14.1. The minimum atomic E-state index is 0.180. The molecule has 3 aromatic rings. The van der Waals surface area contributed by atoms with Crippen molar-refractivity contribution in [1.82, 2.24) is 10.2 Å². The van der Waals surface area contributed by atoms with Gasteiger partial charge in [-0.25, -0.2) is 0 Å². The summed E-state index contributed by atoms with van der Waals surface area (Å²) < 4.78 is 0. The summed E-state index contributed by atoms with van der Waals surface area (Å²) in [4.78, 5) is 15.1. The number of nitrogens with one attached hydrogen (secondary N) is 1. The fraction of sp³-hybridized carbons (Fsp3) is 0.280. The Morgan fingerprint density at radius 2 is 1.79 bits per heavy atom. The number of benzene rings is 3. The first kappa shape index (κ1) is 19.2. The summed E-state index contributed by atoms with van der Waals surface area (Å²) in [6.07, 6.45) is 1.27. The van der Waals surface area contributed by atoms with Gasteiger partial charge in [0, 0.05) is 25.2 Å². The molecule has 1 fully saturated rings. The molecule has 1 N–H and O–H groups in total. The van der Waals surface area contributed by atoms with Crippen LogP contribution in [0.4, 0.5) is 0 Å². The van der Waals surface area contributed by atoms with E-state index in [-0.39, 0.29) is 18.0 Å². The van der Waals surface area contributed by atoms with Crippen LogP contribution in [0.1, 0.15) is 23.6 Å². The lowest BCUT2D eigenvalue weighted by atomic mass is 10.00. The van der Waals surface area contributed by atoms with Gasteiger partial charge in [-0.2, -0.15) is 5.26 Å². The Bertz CT molecular complexity index is 1050. The Hall–Kier alpha value is -3.16. The van der Waals surface area contributed by atoms with E-state index >= 15 is 0 Å². The van der Waals surface area contributed by atoms with Gasteiger partial charge in [0.1, 0.15) is 0 Å². The van der Waals surface area contributed by atoms with Gasteiger partial charge in [0.2, 0.25) is 5.91 Å². The van der Waals surface area contributed by atoms with Crippen LogP contribution in [-0.2, 0) is 17.6 Å². The average Bonchev–Trinajstić information content (AvgIpc) is 2.75. The van der Waals surface area contributed by atoms with E-state index in [1.54, 1.807) is 0 Å². The van der Waals surface area contributed by atoms with E-state index < -0.39 is 0 Å². The quantitative estimate of drug-likeness (QED) is 0.748. The summed E-state index contributed by atoms with van der Waals surface area (Å²) in [6, 6.07) is 24.8. The lowest BCUT2D eigenvalue weighted by Crippen LogP contribution is -2.58. The van der Waals surface area contributed by atoms with Crippen LogP contribution < -0.4 is 5.32 Å². The van der Waals surface area contributed by atoms with Gasteiger partial charge in [0.05, 0.1) is 18.1 Å². The Balaban J connectivity index is 1.42. The number of carbonyl (C=O) groups excluding carboxylic acids is 1. The van der Waals surface area contributed by atoms with Crippen molar-refractivity contribution in [2.45, 2.75) is 31.8 Å². The van der Waals surface area contributed by atoms with E-state index in [4.69, 9.17) is 5.26 Å². The minimum Gasteiger partial charge on any atom is -0.337 e. The zero-order valence-electron chi connectivity index (χ0n) is 16.6. The highest BCUT2D eigenvalue weighted by atomic mass is 16.2. The van der Waals surface area contributed by atoms with Gasteiger partial charge in [-0.15, -0.1) is 0 Å². The van der Waals surface area contributed by atoms with E-state index in [0.717, 1.165) is 18.5 Å². The number of nitrogens with zero attached hydrogens (tertiary/aromatic N) is 2. The van der Waals surface area contributed by atoms with Gasteiger partial charge in [0.15, 0.2) is 0 Å². The van der Waals surface area contributed by atoms with E-state index in [9.17, 15) is 4.79 Å². The first-order valence-electron chi connectivity index (χ1n) is 10.1. The second-order valence-electron chi connectivity index (χ2n) is 7.87. The van der Waals surface area contributed by atoms with Crippen molar-refractivity contribution in [2.24, 2.45) is 0 Å². The average molecular weight is 383 g/mol. The van der Waals surface area contributed by atoms with Crippen LogP contribution in [0, 0.1) is 11.3 Å². The number of carbonyl (C=O) groups is 1. The van der Waals surface area contributed by atoms with E-state index in [2.05, 4.69) is 48.6 Å². The van der Waals surface area contributed by atoms with Gasteiger partial charge in [-0.3, -0.25) is 4.79 Å². The molecule has 1 heterocycles. The van der Waals surface area contributed by atoms with Crippen LogP contribution in [0.25, 0.3) is 10.8 Å². The van der Waals surface area contributed by atoms with Crippen molar-refractivity contribution >= 4 is 16.7 Å². The van der Waals surface area contributed by atoms with E-state index in [1.807, 2.05) is 41.3 Å². The smallest absolute Gasteiger partial charge is 0.227 e. The van der Waals surface area contributed by atoms with Gasteiger partial charge in [-0.05, 0) is 47.4 Å². The van der Waals surface area contributed by atoms with Gasteiger partial charge < -0.3 is 10.2 Å². The molecule has 1 aliphatic heterocycles. The topological polar surface area (TPSA) is 56.1 Å². The fourth-order valence-electron chi connectivity index (χ4n) is 4.04. The number of rotatable bonds is 4. The molecule has 0 unspecified atom stereocenters. The molecule has 4 nitrogen and oxygen atoms in total. The van der Waals surface area contributed by atoms with Crippen LogP contribution >= 0.6 is 0 Å². The van der Waals surface area contributed by atoms with Crippen LogP contribution in [0.15, 0.2) is 66.7 Å². The lowest BCUT2D eigenvalue weighted by molar-refractivity contribution is -0.134. The normalized spacial score (nSPS) is 19.1. The second kappa shape index (κ2) is 8.46. The molecule has 1 amide bonds. The van der Waals surface area contributed by atoms with Crippen molar-refractivity contribution in [1.29, 1.82) is 5.26 Å². The standard InChI is InChI=1S/C25H25N3O/c1-18-16-27-24(13-19-6-8-20(15-26)9-7-19)17-28(18)25(29)14-21-10-11-22-4-2-3-5-23(22)12-21/h2-12,18,24,27H,13-14,16-17H2,1H3/t18-,24+/m1/s1. The summed E-state index contributed by atoms with van der Waals surface area (Å²) >= 11 is 0.